The Balaban J connectivity index is 2.48. The summed E-state index contributed by atoms with van der Waals surface area (Å²) in [6.07, 6.45) is 3.52. The van der Waals surface area contributed by atoms with Crippen molar-refractivity contribution < 1.29 is 4.79 Å². The van der Waals surface area contributed by atoms with Gasteiger partial charge in [-0.15, -0.1) is 0 Å². The first-order chi connectivity index (χ1) is 6.63. The van der Waals surface area contributed by atoms with Crippen molar-refractivity contribution in [3.63, 3.8) is 0 Å². The van der Waals surface area contributed by atoms with E-state index in [2.05, 4.69) is 12.2 Å². The van der Waals surface area contributed by atoms with Crippen molar-refractivity contribution in [1.82, 2.24) is 10.2 Å². The lowest BCUT2D eigenvalue weighted by Gasteiger charge is -2.30. The highest BCUT2D eigenvalue weighted by Gasteiger charge is 2.23. The van der Waals surface area contributed by atoms with Crippen LogP contribution in [0.2, 0.25) is 0 Å². The summed E-state index contributed by atoms with van der Waals surface area (Å²) >= 11 is 0. The Morgan fingerprint density at radius 3 is 2.86 bits per heavy atom. The van der Waals surface area contributed by atoms with Gasteiger partial charge in [0.15, 0.2) is 0 Å². The Labute approximate surface area is 85.8 Å². The average Bonchev–Trinajstić information content (AvgIpc) is 2.43. The summed E-state index contributed by atoms with van der Waals surface area (Å²) in [6.45, 7) is 4.24. The van der Waals surface area contributed by atoms with Gasteiger partial charge in [0.1, 0.15) is 0 Å². The number of hydrogen-bond donors (Lipinski definition) is 2. The van der Waals surface area contributed by atoms with Crippen LogP contribution in [0.4, 0.5) is 4.79 Å². The molecule has 0 aromatic rings. The Kier molecular flexibility index (Phi) is 4.20. The normalized spacial score (nSPS) is 25.1. The minimum Gasteiger partial charge on any atom is -0.351 e. The van der Waals surface area contributed by atoms with E-state index in [0.29, 0.717) is 5.92 Å². The summed E-state index contributed by atoms with van der Waals surface area (Å²) < 4.78 is 0. The second-order valence-electron chi connectivity index (χ2n) is 4.13. The second kappa shape index (κ2) is 5.20. The zero-order chi connectivity index (χ0) is 10.6. The monoisotopic (exact) mass is 199 g/mol. The van der Waals surface area contributed by atoms with Crippen molar-refractivity contribution in [2.24, 2.45) is 11.7 Å². The number of urea groups is 1. The smallest absolute Gasteiger partial charge is 0.314 e. The summed E-state index contributed by atoms with van der Waals surface area (Å²) in [5, 5.41) is 3.37. The van der Waals surface area contributed by atoms with Crippen LogP contribution in [0.15, 0.2) is 0 Å². The molecule has 0 bridgehead atoms. The van der Waals surface area contributed by atoms with Gasteiger partial charge in [0, 0.05) is 13.1 Å². The highest BCUT2D eigenvalue weighted by atomic mass is 16.2. The van der Waals surface area contributed by atoms with Crippen molar-refractivity contribution in [3.05, 3.63) is 0 Å². The molecule has 4 nitrogen and oxygen atoms in total. The predicted octanol–water partition coefficient (Wildman–Crippen LogP) is 0.775. The van der Waals surface area contributed by atoms with E-state index in [9.17, 15) is 4.79 Å². The van der Waals surface area contributed by atoms with Gasteiger partial charge in [-0.3, -0.25) is 0 Å². The van der Waals surface area contributed by atoms with E-state index in [0.717, 1.165) is 19.5 Å². The molecule has 82 valence electrons. The quantitative estimate of drug-likeness (QED) is 0.690. The van der Waals surface area contributed by atoms with Gasteiger partial charge in [0.2, 0.25) is 0 Å². The van der Waals surface area contributed by atoms with E-state index >= 15 is 0 Å². The number of primary amides is 1. The fourth-order valence-electron chi connectivity index (χ4n) is 2.05. The standard InChI is InChI=1S/C10H21N3O/c1-8(13(2)10(11)14)9-4-3-6-12-7-5-9/h8-9,12H,3-7H2,1-2H3,(H2,11,14). The second-order valence-corrected chi connectivity index (χ2v) is 4.13. The molecule has 0 aromatic carbocycles. The molecule has 0 aromatic heterocycles. The van der Waals surface area contributed by atoms with Crippen molar-refractivity contribution in [1.29, 1.82) is 0 Å². The van der Waals surface area contributed by atoms with Crippen molar-refractivity contribution in [2.45, 2.75) is 32.2 Å². The summed E-state index contributed by atoms with van der Waals surface area (Å²) in [5.74, 6) is 0.586. The lowest BCUT2D eigenvalue weighted by molar-refractivity contribution is 0.176. The van der Waals surface area contributed by atoms with Crippen LogP contribution >= 0.6 is 0 Å². The van der Waals surface area contributed by atoms with Crippen LogP contribution in [0.1, 0.15) is 26.2 Å². The summed E-state index contributed by atoms with van der Waals surface area (Å²) in [4.78, 5) is 12.7. The molecular weight excluding hydrogens is 178 g/mol. The molecule has 1 aliphatic rings. The lowest BCUT2D eigenvalue weighted by atomic mass is 9.92. The van der Waals surface area contributed by atoms with Crippen LogP contribution in [0.3, 0.4) is 0 Å². The Hall–Kier alpha value is -0.770. The topological polar surface area (TPSA) is 58.4 Å². The summed E-state index contributed by atoms with van der Waals surface area (Å²) in [5.41, 5.74) is 5.25. The SMILES string of the molecule is CC(C1CCCNCC1)N(C)C(N)=O. The molecule has 3 N–H and O–H groups in total. The van der Waals surface area contributed by atoms with Gasteiger partial charge in [-0.1, -0.05) is 0 Å². The molecule has 2 unspecified atom stereocenters. The van der Waals surface area contributed by atoms with Crippen LogP contribution in [-0.4, -0.2) is 37.1 Å². The fraction of sp³-hybridized carbons (Fsp3) is 0.900. The number of hydrogen-bond acceptors (Lipinski definition) is 2. The largest absolute Gasteiger partial charge is 0.351 e. The number of nitrogens with one attached hydrogen (secondary N) is 1. The third kappa shape index (κ3) is 2.87. The molecule has 14 heavy (non-hydrogen) atoms. The fourth-order valence-corrected chi connectivity index (χ4v) is 2.05. The summed E-state index contributed by atoms with van der Waals surface area (Å²) in [7, 11) is 1.78. The minimum absolute atomic E-state index is 0.257. The number of carbonyl (C=O) groups is 1. The first-order valence-corrected chi connectivity index (χ1v) is 5.36. The van der Waals surface area contributed by atoms with Gasteiger partial charge in [0.25, 0.3) is 0 Å². The number of amides is 2. The van der Waals surface area contributed by atoms with Gasteiger partial charge in [-0.25, -0.2) is 4.79 Å². The number of nitrogens with two attached hydrogens (primary N) is 1. The van der Waals surface area contributed by atoms with Crippen LogP contribution in [0.5, 0.6) is 0 Å². The molecule has 2 atom stereocenters. The third-order valence-corrected chi connectivity index (χ3v) is 3.26. The van der Waals surface area contributed by atoms with E-state index < -0.39 is 0 Å². The average molecular weight is 199 g/mol. The van der Waals surface area contributed by atoms with Crippen LogP contribution in [0.25, 0.3) is 0 Å². The van der Waals surface area contributed by atoms with E-state index in [1.165, 1.54) is 12.8 Å². The van der Waals surface area contributed by atoms with E-state index in [4.69, 9.17) is 5.73 Å². The first kappa shape index (κ1) is 11.3. The van der Waals surface area contributed by atoms with Gasteiger partial charge >= 0.3 is 6.03 Å². The molecule has 1 heterocycles. The van der Waals surface area contributed by atoms with Gasteiger partial charge in [-0.2, -0.15) is 0 Å². The molecule has 0 saturated carbocycles. The Morgan fingerprint density at radius 1 is 1.50 bits per heavy atom. The molecular formula is C10H21N3O. The molecule has 0 radical (unpaired) electrons. The lowest BCUT2D eigenvalue weighted by Crippen LogP contribution is -2.43. The van der Waals surface area contributed by atoms with Gasteiger partial charge in [0.05, 0.1) is 0 Å². The van der Waals surface area contributed by atoms with Crippen molar-refractivity contribution >= 4 is 6.03 Å². The maximum Gasteiger partial charge on any atom is 0.314 e. The zero-order valence-corrected chi connectivity index (χ0v) is 9.12. The molecule has 0 spiro atoms. The third-order valence-electron chi connectivity index (χ3n) is 3.26. The summed E-state index contributed by atoms with van der Waals surface area (Å²) in [6, 6.07) is -0.0675. The Bertz CT molecular complexity index is 188. The molecule has 1 rings (SSSR count). The van der Waals surface area contributed by atoms with Crippen molar-refractivity contribution in [3.8, 4) is 0 Å². The molecule has 0 aliphatic carbocycles. The van der Waals surface area contributed by atoms with Crippen LogP contribution < -0.4 is 11.1 Å². The van der Waals surface area contributed by atoms with Crippen molar-refractivity contribution in [2.75, 3.05) is 20.1 Å². The zero-order valence-electron chi connectivity index (χ0n) is 9.12. The van der Waals surface area contributed by atoms with Gasteiger partial charge in [-0.05, 0) is 45.2 Å². The molecule has 2 amide bonds. The predicted molar refractivity (Wildman–Crippen MR) is 57.0 cm³/mol. The molecule has 1 aliphatic heterocycles. The van der Waals surface area contributed by atoms with E-state index in [-0.39, 0.29) is 12.1 Å². The number of rotatable bonds is 2. The first-order valence-electron chi connectivity index (χ1n) is 5.36. The van der Waals surface area contributed by atoms with Crippen LogP contribution in [0, 0.1) is 5.92 Å². The number of carbonyl (C=O) groups excluding carboxylic acids is 1. The number of nitrogens with zero attached hydrogens (tertiary/aromatic N) is 1. The van der Waals surface area contributed by atoms with Crippen LogP contribution in [-0.2, 0) is 0 Å². The maximum absolute atomic E-state index is 11.0. The minimum atomic E-state index is -0.324. The van der Waals surface area contributed by atoms with E-state index in [1.807, 2.05) is 0 Å². The highest BCUT2D eigenvalue weighted by molar-refractivity contribution is 5.71. The van der Waals surface area contributed by atoms with E-state index in [1.54, 1.807) is 11.9 Å². The molecule has 4 heteroatoms. The Morgan fingerprint density at radius 2 is 2.21 bits per heavy atom. The maximum atomic E-state index is 11.0. The highest BCUT2D eigenvalue weighted by Crippen LogP contribution is 2.20. The molecule has 1 fully saturated rings. The molecule has 1 saturated heterocycles. The van der Waals surface area contributed by atoms with Gasteiger partial charge < -0.3 is 16.0 Å².